The van der Waals surface area contributed by atoms with Gasteiger partial charge in [-0.25, -0.2) is 0 Å². The van der Waals surface area contributed by atoms with E-state index in [2.05, 4.69) is 0 Å². The fourth-order valence-electron chi connectivity index (χ4n) is 0.194. The third kappa shape index (κ3) is 2.35. The van der Waals surface area contributed by atoms with E-state index in [1.54, 1.807) is 0 Å². The van der Waals surface area contributed by atoms with Gasteiger partial charge in [0.25, 0.3) is 0 Å². The Balaban J connectivity index is 3.64. The average Bonchev–Trinajstić information content (AvgIpc) is 1.64. The van der Waals surface area contributed by atoms with Gasteiger partial charge >= 0.3 is 0 Å². The molecule has 0 fully saturated rings. The highest BCUT2D eigenvalue weighted by atomic mass is 35.5. The van der Waals surface area contributed by atoms with Gasteiger partial charge in [-0.3, -0.25) is 4.79 Å². The van der Waals surface area contributed by atoms with Gasteiger partial charge in [-0.05, 0) is 0 Å². The highest BCUT2D eigenvalue weighted by Gasteiger charge is 2.06. The summed E-state index contributed by atoms with van der Waals surface area (Å²) in [4.78, 5) is 10.3. The van der Waals surface area contributed by atoms with Gasteiger partial charge in [0, 0.05) is 37.5 Å². The number of carbonyl (C=O) groups excluding carboxylic acids is 1. The molecule has 0 aliphatic heterocycles. The van der Waals surface area contributed by atoms with Crippen molar-refractivity contribution in [3.05, 3.63) is 0 Å². The average molecular weight is 157 g/mol. The van der Waals surface area contributed by atoms with Gasteiger partial charge < -0.3 is 0 Å². The number of hydrazine groups is 1. The Morgan fingerprint density at radius 2 is 1.88 bits per heavy atom. The van der Waals surface area contributed by atoms with Crippen molar-refractivity contribution in [3.8, 4) is 0 Å². The van der Waals surface area contributed by atoms with Crippen molar-refractivity contribution in [2.24, 2.45) is 0 Å². The molecule has 0 aromatic carbocycles. The van der Waals surface area contributed by atoms with Crippen molar-refractivity contribution in [2.75, 3.05) is 7.05 Å². The zero-order valence-electron chi connectivity index (χ0n) is 4.56. The van der Waals surface area contributed by atoms with Gasteiger partial charge in [0.15, 0.2) is 0 Å². The summed E-state index contributed by atoms with van der Waals surface area (Å²) in [7, 11) is 1.45. The van der Waals surface area contributed by atoms with Crippen LogP contribution in [-0.4, -0.2) is 22.0 Å². The molecule has 0 atom stereocenters. The van der Waals surface area contributed by atoms with Crippen molar-refractivity contribution in [3.63, 3.8) is 0 Å². The zero-order valence-corrected chi connectivity index (χ0v) is 6.07. The minimum Gasteiger partial charge on any atom is -0.272 e. The van der Waals surface area contributed by atoms with Crippen LogP contribution in [0.25, 0.3) is 0 Å². The van der Waals surface area contributed by atoms with Crippen molar-refractivity contribution in [2.45, 2.75) is 6.92 Å². The van der Waals surface area contributed by atoms with Crippen molar-refractivity contribution >= 4 is 29.5 Å². The second kappa shape index (κ2) is 3.12. The van der Waals surface area contributed by atoms with Gasteiger partial charge in [0.1, 0.15) is 0 Å². The summed E-state index contributed by atoms with van der Waals surface area (Å²) in [6.45, 7) is 1.31. The van der Waals surface area contributed by atoms with Gasteiger partial charge in [-0.2, -0.15) is 4.53 Å². The second-order valence-corrected chi connectivity index (χ2v) is 2.03. The fourth-order valence-corrected chi connectivity index (χ4v) is 0.301. The Hall–Kier alpha value is 0.01000. The molecule has 0 heterocycles. The minimum absolute atomic E-state index is 0.316. The van der Waals surface area contributed by atoms with Crippen LogP contribution in [0.4, 0.5) is 0 Å². The van der Waals surface area contributed by atoms with Crippen LogP contribution in [-0.2, 0) is 4.79 Å². The molecule has 0 aromatic rings. The van der Waals surface area contributed by atoms with E-state index in [1.165, 1.54) is 14.0 Å². The van der Waals surface area contributed by atoms with Crippen LogP contribution in [0, 0.1) is 0 Å². The molecule has 0 saturated heterocycles. The van der Waals surface area contributed by atoms with E-state index < -0.39 is 0 Å². The number of hydrogen-bond acceptors (Lipinski definition) is 2. The molecule has 0 rings (SSSR count). The van der Waals surface area contributed by atoms with Crippen LogP contribution in [0.15, 0.2) is 0 Å². The van der Waals surface area contributed by atoms with E-state index >= 15 is 0 Å². The molecule has 0 radical (unpaired) electrons. The number of nitrogens with zero attached hydrogens (tertiary/aromatic N) is 2. The first-order chi connectivity index (χ1) is 3.55. The van der Waals surface area contributed by atoms with Gasteiger partial charge in [0.2, 0.25) is 5.91 Å². The van der Waals surface area contributed by atoms with Crippen molar-refractivity contribution in [1.82, 2.24) is 9.06 Å². The Morgan fingerprint density at radius 1 is 1.50 bits per heavy atom. The first kappa shape index (κ1) is 8.01. The molecule has 48 valence electrons. The van der Waals surface area contributed by atoms with Crippen molar-refractivity contribution < 1.29 is 4.79 Å². The SMILES string of the molecule is CC(=O)N(Cl)N(C)Cl. The quantitative estimate of drug-likeness (QED) is 0.418. The summed E-state index contributed by atoms with van der Waals surface area (Å²) in [6, 6.07) is 0. The summed E-state index contributed by atoms with van der Waals surface area (Å²) >= 11 is 10.5. The first-order valence-corrected chi connectivity index (χ1v) is 2.59. The van der Waals surface area contributed by atoms with Crippen LogP contribution >= 0.6 is 23.6 Å². The number of rotatable bonds is 1. The molecule has 0 bridgehead atoms. The summed E-state index contributed by atoms with van der Waals surface area (Å²) in [5.41, 5.74) is 0. The molecule has 1 amide bonds. The normalized spacial score (nSPS) is 9.62. The highest BCUT2D eigenvalue weighted by Crippen LogP contribution is 2.01. The lowest BCUT2D eigenvalue weighted by molar-refractivity contribution is -0.129. The van der Waals surface area contributed by atoms with Crippen LogP contribution < -0.4 is 0 Å². The van der Waals surface area contributed by atoms with Gasteiger partial charge in [-0.15, -0.1) is 4.53 Å². The number of carbonyl (C=O) groups is 1. The van der Waals surface area contributed by atoms with Crippen LogP contribution in [0.3, 0.4) is 0 Å². The van der Waals surface area contributed by atoms with E-state index in [9.17, 15) is 4.79 Å². The van der Waals surface area contributed by atoms with Gasteiger partial charge in [-0.1, -0.05) is 0 Å². The monoisotopic (exact) mass is 156 g/mol. The molecule has 3 nitrogen and oxygen atoms in total. The molecule has 0 spiro atoms. The Kier molecular flexibility index (Phi) is 3.12. The lowest BCUT2D eigenvalue weighted by atomic mass is 10.8. The third-order valence-corrected chi connectivity index (χ3v) is 1.20. The number of hydrogen-bond donors (Lipinski definition) is 0. The first-order valence-electron chi connectivity index (χ1n) is 1.91. The predicted octanol–water partition coefficient (Wildman–Crippen LogP) is 0.989. The maximum atomic E-state index is 10.3. The molecule has 0 aliphatic carbocycles. The van der Waals surface area contributed by atoms with E-state index in [4.69, 9.17) is 23.6 Å². The third-order valence-electron chi connectivity index (χ3n) is 0.502. The molecule has 0 N–H and O–H groups in total. The lowest BCUT2D eigenvalue weighted by Crippen LogP contribution is -2.27. The summed E-state index contributed by atoms with van der Waals surface area (Å²) in [6.07, 6.45) is 0. The summed E-state index contributed by atoms with van der Waals surface area (Å²) < 4.78 is 1.73. The minimum atomic E-state index is -0.316. The summed E-state index contributed by atoms with van der Waals surface area (Å²) in [5, 5.41) is 0. The topological polar surface area (TPSA) is 23.6 Å². The van der Waals surface area contributed by atoms with Crippen LogP contribution in [0.1, 0.15) is 6.92 Å². The lowest BCUT2D eigenvalue weighted by Gasteiger charge is -2.14. The Bertz CT molecular complexity index is 95.3. The Labute approximate surface area is 58.0 Å². The molecular formula is C3H6Cl2N2O. The van der Waals surface area contributed by atoms with Crippen molar-refractivity contribution in [1.29, 1.82) is 0 Å². The van der Waals surface area contributed by atoms with Gasteiger partial charge in [0.05, 0.1) is 0 Å². The highest BCUT2D eigenvalue weighted by molar-refractivity contribution is 6.24. The second-order valence-electron chi connectivity index (χ2n) is 1.22. The van der Waals surface area contributed by atoms with E-state index in [-0.39, 0.29) is 5.91 Å². The molecule has 0 saturated carbocycles. The van der Waals surface area contributed by atoms with E-state index in [0.29, 0.717) is 0 Å². The zero-order chi connectivity index (χ0) is 6.73. The number of halogens is 2. The molecule has 5 heteroatoms. The van der Waals surface area contributed by atoms with E-state index in [1.807, 2.05) is 0 Å². The standard InChI is InChI=1S/C3H6Cl2N2O/c1-3(8)7(5)6(2)4/h1-2H3. The molecule has 0 unspecified atom stereocenters. The molecule has 0 aromatic heterocycles. The molecule has 8 heavy (non-hydrogen) atoms. The maximum absolute atomic E-state index is 10.3. The predicted molar refractivity (Wildman–Crippen MR) is 32.0 cm³/mol. The summed E-state index contributed by atoms with van der Waals surface area (Å²) in [5.74, 6) is -0.316. The van der Waals surface area contributed by atoms with E-state index in [0.717, 1.165) is 9.06 Å². The molecule has 0 aliphatic rings. The Morgan fingerprint density at radius 3 is 1.88 bits per heavy atom. The maximum Gasteiger partial charge on any atom is 0.249 e. The fraction of sp³-hybridized carbons (Fsp3) is 0.667. The largest absolute Gasteiger partial charge is 0.272 e. The molecular weight excluding hydrogens is 151 g/mol. The van der Waals surface area contributed by atoms with Crippen LogP contribution in [0.2, 0.25) is 0 Å². The van der Waals surface area contributed by atoms with Crippen LogP contribution in [0.5, 0.6) is 0 Å². The smallest absolute Gasteiger partial charge is 0.249 e. The number of amides is 1.